The molecule has 0 aromatic heterocycles. The first-order valence-corrected chi connectivity index (χ1v) is 5.57. The van der Waals surface area contributed by atoms with Crippen LogP contribution in [0.5, 0.6) is 0 Å². The lowest BCUT2D eigenvalue weighted by Crippen LogP contribution is -2.43. The number of nitrogen functional groups attached to an aromatic ring is 1. The summed E-state index contributed by atoms with van der Waals surface area (Å²) < 4.78 is 26.1. The summed E-state index contributed by atoms with van der Waals surface area (Å²) >= 11 is 0. The number of anilines is 1. The van der Waals surface area contributed by atoms with Crippen LogP contribution in [0.1, 0.15) is 24.2 Å². The van der Waals surface area contributed by atoms with Crippen LogP contribution < -0.4 is 11.5 Å². The number of amides is 2. The van der Waals surface area contributed by atoms with Crippen LogP contribution in [0.25, 0.3) is 0 Å². The molecular formula is C12H15F2N3O2. The van der Waals surface area contributed by atoms with Crippen molar-refractivity contribution in [1.29, 1.82) is 0 Å². The Morgan fingerprint density at radius 3 is 2.26 bits per heavy atom. The van der Waals surface area contributed by atoms with Crippen molar-refractivity contribution >= 4 is 17.5 Å². The first kappa shape index (κ1) is 14.9. The van der Waals surface area contributed by atoms with Crippen molar-refractivity contribution in [1.82, 2.24) is 4.90 Å². The predicted octanol–water partition coefficient (Wildman–Crippen LogP) is 0.883. The van der Waals surface area contributed by atoms with Gasteiger partial charge in [-0.1, -0.05) is 0 Å². The highest BCUT2D eigenvalue weighted by Crippen LogP contribution is 2.19. The van der Waals surface area contributed by atoms with E-state index in [9.17, 15) is 18.4 Å². The summed E-state index contributed by atoms with van der Waals surface area (Å²) in [5, 5.41) is 0. The Kier molecular flexibility index (Phi) is 4.42. The molecular weight excluding hydrogens is 256 g/mol. The minimum atomic E-state index is -1.18. The van der Waals surface area contributed by atoms with Gasteiger partial charge in [0, 0.05) is 17.8 Å². The molecule has 1 aromatic rings. The molecule has 0 atom stereocenters. The lowest BCUT2D eigenvalue weighted by Gasteiger charge is -2.25. The Morgan fingerprint density at radius 1 is 1.26 bits per heavy atom. The van der Waals surface area contributed by atoms with Gasteiger partial charge >= 0.3 is 0 Å². The Bertz CT molecular complexity index is 518. The van der Waals surface area contributed by atoms with Gasteiger partial charge in [0.05, 0.1) is 12.1 Å². The average Bonchev–Trinajstić information content (AvgIpc) is 2.29. The molecule has 0 saturated heterocycles. The summed E-state index contributed by atoms with van der Waals surface area (Å²) in [5.74, 6) is -3.70. The molecule has 5 nitrogen and oxygen atoms in total. The van der Waals surface area contributed by atoms with Crippen molar-refractivity contribution in [2.24, 2.45) is 5.73 Å². The molecule has 0 spiro atoms. The van der Waals surface area contributed by atoms with Crippen LogP contribution in [-0.2, 0) is 4.79 Å². The number of carbonyl (C=O) groups is 2. The van der Waals surface area contributed by atoms with E-state index in [4.69, 9.17) is 11.5 Å². The number of primary amides is 1. The van der Waals surface area contributed by atoms with E-state index < -0.39 is 23.4 Å². The number of nitrogens with two attached hydrogens (primary N) is 2. The summed E-state index contributed by atoms with van der Waals surface area (Å²) in [7, 11) is 0. The largest absolute Gasteiger partial charge is 0.398 e. The third-order valence-electron chi connectivity index (χ3n) is 2.53. The summed E-state index contributed by atoms with van der Waals surface area (Å²) in [5.41, 5.74) is 10.1. The second kappa shape index (κ2) is 5.64. The van der Waals surface area contributed by atoms with Gasteiger partial charge in [-0.05, 0) is 19.9 Å². The third-order valence-corrected chi connectivity index (χ3v) is 2.53. The van der Waals surface area contributed by atoms with Crippen molar-refractivity contribution in [2.75, 3.05) is 12.3 Å². The molecule has 0 radical (unpaired) electrons. The number of halogens is 2. The molecule has 104 valence electrons. The van der Waals surface area contributed by atoms with E-state index in [0.29, 0.717) is 6.07 Å². The maximum atomic E-state index is 13.2. The second-order valence-electron chi connectivity index (χ2n) is 4.35. The van der Waals surface area contributed by atoms with Crippen LogP contribution in [0, 0.1) is 11.6 Å². The van der Waals surface area contributed by atoms with Crippen molar-refractivity contribution in [3.8, 4) is 0 Å². The highest BCUT2D eigenvalue weighted by atomic mass is 19.2. The van der Waals surface area contributed by atoms with Crippen molar-refractivity contribution in [3.05, 3.63) is 29.3 Å². The van der Waals surface area contributed by atoms with Crippen LogP contribution in [0.3, 0.4) is 0 Å². The molecule has 0 aliphatic rings. The number of benzene rings is 1. The number of hydrogen-bond donors (Lipinski definition) is 2. The van der Waals surface area contributed by atoms with E-state index in [0.717, 1.165) is 11.0 Å². The van der Waals surface area contributed by atoms with Crippen LogP contribution >= 0.6 is 0 Å². The summed E-state index contributed by atoms with van der Waals surface area (Å²) in [4.78, 5) is 24.2. The smallest absolute Gasteiger partial charge is 0.256 e. The molecule has 0 unspecified atom stereocenters. The Hall–Kier alpha value is -2.18. The topological polar surface area (TPSA) is 89.4 Å². The van der Waals surface area contributed by atoms with Crippen molar-refractivity contribution in [3.63, 3.8) is 0 Å². The number of nitrogens with zero attached hydrogens (tertiary/aromatic N) is 1. The maximum Gasteiger partial charge on any atom is 0.256 e. The number of rotatable bonds is 4. The summed E-state index contributed by atoms with van der Waals surface area (Å²) in [6.07, 6.45) is 0. The fraction of sp³-hybridized carbons (Fsp3) is 0.333. The highest BCUT2D eigenvalue weighted by Gasteiger charge is 2.23. The van der Waals surface area contributed by atoms with Crippen LogP contribution in [0.15, 0.2) is 12.1 Å². The molecule has 7 heteroatoms. The summed E-state index contributed by atoms with van der Waals surface area (Å²) in [6.45, 7) is 3.00. The van der Waals surface area contributed by atoms with Gasteiger partial charge in [0.1, 0.15) is 0 Å². The van der Waals surface area contributed by atoms with E-state index in [1.165, 1.54) is 0 Å². The van der Waals surface area contributed by atoms with E-state index in [-0.39, 0.29) is 23.8 Å². The van der Waals surface area contributed by atoms with Crippen LogP contribution in [0.4, 0.5) is 14.5 Å². The normalized spacial score (nSPS) is 10.6. The molecule has 0 aliphatic carbocycles. The minimum Gasteiger partial charge on any atom is -0.398 e. The molecule has 4 N–H and O–H groups in total. The number of carbonyl (C=O) groups excluding carboxylic acids is 2. The third kappa shape index (κ3) is 3.40. The Labute approximate surface area is 109 Å². The standard InChI is InChI=1S/C12H15F2N3O2/c1-6(2)17(5-11(16)18)12(19)7-3-8(13)9(14)4-10(7)15/h3-4,6H,5,15H2,1-2H3,(H2,16,18). The molecule has 0 heterocycles. The minimum absolute atomic E-state index is 0.195. The van der Waals surface area contributed by atoms with Gasteiger partial charge in [-0.25, -0.2) is 8.78 Å². The zero-order valence-electron chi connectivity index (χ0n) is 10.6. The summed E-state index contributed by atoms with van der Waals surface area (Å²) in [6, 6.07) is 1.10. The zero-order valence-corrected chi connectivity index (χ0v) is 10.6. The second-order valence-corrected chi connectivity index (χ2v) is 4.35. The predicted molar refractivity (Wildman–Crippen MR) is 66.1 cm³/mol. The van der Waals surface area contributed by atoms with E-state index in [1.54, 1.807) is 13.8 Å². The molecule has 1 rings (SSSR count). The molecule has 0 fully saturated rings. The highest BCUT2D eigenvalue weighted by molar-refractivity contribution is 6.00. The SMILES string of the molecule is CC(C)N(CC(N)=O)C(=O)c1cc(F)c(F)cc1N. The van der Waals surface area contributed by atoms with Gasteiger partial charge in [-0.3, -0.25) is 9.59 Å². The first-order chi connectivity index (χ1) is 8.73. The fourth-order valence-electron chi connectivity index (χ4n) is 1.56. The lowest BCUT2D eigenvalue weighted by molar-refractivity contribution is -0.119. The zero-order chi connectivity index (χ0) is 14.7. The van der Waals surface area contributed by atoms with Gasteiger partial charge in [-0.15, -0.1) is 0 Å². The monoisotopic (exact) mass is 271 g/mol. The maximum absolute atomic E-state index is 13.2. The van der Waals surface area contributed by atoms with E-state index in [2.05, 4.69) is 0 Å². The van der Waals surface area contributed by atoms with Crippen LogP contribution in [-0.4, -0.2) is 29.3 Å². The Balaban J connectivity index is 3.16. The van der Waals surface area contributed by atoms with Crippen molar-refractivity contribution < 1.29 is 18.4 Å². The molecule has 1 aromatic carbocycles. The fourth-order valence-corrected chi connectivity index (χ4v) is 1.56. The van der Waals surface area contributed by atoms with E-state index in [1.807, 2.05) is 0 Å². The van der Waals surface area contributed by atoms with E-state index >= 15 is 0 Å². The number of hydrogen-bond acceptors (Lipinski definition) is 3. The van der Waals surface area contributed by atoms with Crippen molar-refractivity contribution in [2.45, 2.75) is 19.9 Å². The van der Waals surface area contributed by atoms with Gasteiger partial charge in [0.25, 0.3) is 5.91 Å². The average molecular weight is 271 g/mol. The van der Waals surface area contributed by atoms with Gasteiger partial charge in [0.15, 0.2) is 11.6 Å². The quantitative estimate of drug-likeness (QED) is 0.797. The molecule has 19 heavy (non-hydrogen) atoms. The first-order valence-electron chi connectivity index (χ1n) is 5.57. The van der Waals surface area contributed by atoms with Gasteiger partial charge < -0.3 is 16.4 Å². The Morgan fingerprint density at radius 2 is 1.79 bits per heavy atom. The molecule has 0 saturated carbocycles. The van der Waals surface area contributed by atoms with Gasteiger partial charge in [0.2, 0.25) is 5.91 Å². The van der Waals surface area contributed by atoms with Gasteiger partial charge in [-0.2, -0.15) is 0 Å². The molecule has 0 bridgehead atoms. The van der Waals surface area contributed by atoms with Crippen LogP contribution in [0.2, 0.25) is 0 Å². The lowest BCUT2D eigenvalue weighted by atomic mass is 10.1. The molecule has 2 amide bonds. The molecule has 0 aliphatic heterocycles.